The number of likely N-dealkylation sites (tertiary alicyclic amines) is 1. The van der Waals surface area contributed by atoms with Gasteiger partial charge in [0.2, 0.25) is 0 Å². The van der Waals surface area contributed by atoms with E-state index in [1.54, 1.807) is 7.11 Å². The molecule has 2 rings (SSSR count). The van der Waals surface area contributed by atoms with E-state index >= 15 is 0 Å². The summed E-state index contributed by atoms with van der Waals surface area (Å²) in [4.78, 5) is 2.52. The molecular formula is C16H26N2O2. The van der Waals surface area contributed by atoms with E-state index in [1.807, 2.05) is 24.3 Å². The van der Waals surface area contributed by atoms with Gasteiger partial charge in [-0.25, -0.2) is 0 Å². The van der Waals surface area contributed by atoms with Crippen molar-refractivity contribution in [3.63, 3.8) is 0 Å². The molecule has 0 amide bonds. The molecule has 1 unspecified atom stereocenters. The highest BCUT2D eigenvalue weighted by Crippen LogP contribution is 2.26. The lowest BCUT2D eigenvalue weighted by Crippen LogP contribution is -2.42. The van der Waals surface area contributed by atoms with Crippen molar-refractivity contribution in [2.45, 2.75) is 31.7 Å². The van der Waals surface area contributed by atoms with Gasteiger partial charge in [-0.05, 0) is 44.5 Å². The smallest absolute Gasteiger partial charge is 0.161 e. The number of nitrogens with two attached hydrogens (primary N) is 1. The number of rotatable bonds is 7. The van der Waals surface area contributed by atoms with Gasteiger partial charge in [0.05, 0.1) is 7.11 Å². The molecule has 1 aromatic rings. The third kappa shape index (κ3) is 4.12. The molecule has 4 heteroatoms. The molecule has 0 spiro atoms. The van der Waals surface area contributed by atoms with E-state index in [4.69, 9.17) is 15.2 Å². The van der Waals surface area contributed by atoms with Crippen molar-refractivity contribution in [3.05, 3.63) is 24.3 Å². The predicted octanol–water partition coefficient (Wildman–Crippen LogP) is 2.28. The Balaban J connectivity index is 1.82. The zero-order valence-corrected chi connectivity index (χ0v) is 12.4. The van der Waals surface area contributed by atoms with E-state index in [-0.39, 0.29) is 0 Å². The van der Waals surface area contributed by atoms with Crippen LogP contribution in [-0.4, -0.2) is 44.3 Å². The highest BCUT2D eigenvalue weighted by Gasteiger charge is 2.21. The Kier molecular flexibility index (Phi) is 6.15. The lowest BCUT2D eigenvalue weighted by atomic mass is 9.99. The summed E-state index contributed by atoms with van der Waals surface area (Å²) in [7, 11) is 1.67. The predicted molar refractivity (Wildman–Crippen MR) is 81.4 cm³/mol. The van der Waals surface area contributed by atoms with Gasteiger partial charge >= 0.3 is 0 Å². The highest BCUT2D eigenvalue weighted by molar-refractivity contribution is 5.39. The summed E-state index contributed by atoms with van der Waals surface area (Å²) in [5.74, 6) is 1.62. The fourth-order valence-electron chi connectivity index (χ4n) is 2.88. The number of ether oxygens (including phenoxy) is 2. The molecule has 0 saturated carbocycles. The first-order valence-electron chi connectivity index (χ1n) is 7.55. The Bertz CT molecular complexity index is 396. The summed E-state index contributed by atoms with van der Waals surface area (Å²) >= 11 is 0. The van der Waals surface area contributed by atoms with E-state index in [9.17, 15) is 0 Å². The lowest BCUT2D eigenvalue weighted by Gasteiger charge is -2.35. The molecule has 20 heavy (non-hydrogen) atoms. The quantitative estimate of drug-likeness (QED) is 0.831. The second-order valence-electron chi connectivity index (χ2n) is 5.26. The second kappa shape index (κ2) is 8.12. The minimum absolute atomic E-state index is 0.634. The van der Waals surface area contributed by atoms with Crippen LogP contribution in [0.15, 0.2) is 24.3 Å². The molecule has 0 aliphatic carbocycles. The van der Waals surface area contributed by atoms with E-state index < -0.39 is 0 Å². The average molecular weight is 278 g/mol. The summed E-state index contributed by atoms with van der Waals surface area (Å²) in [6.07, 6.45) is 4.98. The molecule has 1 aliphatic rings. The third-order valence-corrected chi connectivity index (χ3v) is 3.95. The van der Waals surface area contributed by atoms with Gasteiger partial charge in [0, 0.05) is 12.6 Å². The summed E-state index contributed by atoms with van der Waals surface area (Å²) in [5.41, 5.74) is 5.70. The maximum Gasteiger partial charge on any atom is 0.161 e. The molecule has 1 heterocycles. The van der Waals surface area contributed by atoms with Crippen LogP contribution in [0.2, 0.25) is 0 Å². The molecule has 0 aromatic heterocycles. The number of hydrogen-bond donors (Lipinski definition) is 1. The minimum Gasteiger partial charge on any atom is -0.493 e. The average Bonchev–Trinajstić information content (AvgIpc) is 2.50. The molecule has 1 fully saturated rings. The van der Waals surface area contributed by atoms with Crippen LogP contribution < -0.4 is 15.2 Å². The minimum atomic E-state index is 0.634. The van der Waals surface area contributed by atoms with Crippen LogP contribution in [0.5, 0.6) is 11.5 Å². The zero-order chi connectivity index (χ0) is 14.2. The van der Waals surface area contributed by atoms with Crippen LogP contribution in [0.1, 0.15) is 25.7 Å². The third-order valence-electron chi connectivity index (χ3n) is 3.95. The number of para-hydroxylation sites is 2. The van der Waals surface area contributed by atoms with E-state index in [0.717, 1.165) is 31.0 Å². The van der Waals surface area contributed by atoms with Gasteiger partial charge in [0.25, 0.3) is 0 Å². The molecule has 1 aromatic carbocycles. The Morgan fingerprint density at radius 2 is 2.05 bits per heavy atom. The van der Waals surface area contributed by atoms with Crippen LogP contribution in [0.4, 0.5) is 0 Å². The molecule has 1 aliphatic heterocycles. The van der Waals surface area contributed by atoms with Crippen LogP contribution >= 0.6 is 0 Å². The number of benzene rings is 1. The van der Waals surface area contributed by atoms with Gasteiger partial charge in [-0.1, -0.05) is 18.6 Å². The summed E-state index contributed by atoms with van der Waals surface area (Å²) in [6, 6.07) is 8.43. The largest absolute Gasteiger partial charge is 0.493 e. The normalized spacial score (nSPS) is 19.8. The van der Waals surface area contributed by atoms with Gasteiger partial charge in [-0.3, -0.25) is 4.90 Å². The molecule has 1 saturated heterocycles. The number of hydrogen-bond acceptors (Lipinski definition) is 4. The Morgan fingerprint density at radius 1 is 1.25 bits per heavy atom. The topological polar surface area (TPSA) is 47.7 Å². The molecule has 4 nitrogen and oxygen atoms in total. The van der Waals surface area contributed by atoms with Crippen molar-refractivity contribution in [2.24, 2.45) is 5.73 Å². The summed E-state index contributed by atoms with van der Waals surface area (Å²) in [5, 5.41) is 0. The first-order chi connectivity index (χ1) is 9.85. The van der Waals surface area contributed by atoms with Crippen molar-refractivity contribution >= 4 is 0 Å². The first kappa shape index (κ1) is 15.1. The number of piperidine rings is 1. The van der Waals surface area contributed by atoms with Crippen LogP contribution in [0.3, 0.4) is 0 Å². The molecule has 2 N–H and O–H groups in total. The number of methoxy groups -OCH3 is 1. The van der Waals surface area contributed by atoms with E-state index in [2.05, 4.69) is 4.90 Å². The van der Waals surface area contributed by atoms with Crippen molar-refractivity contribution in [2.75, 3.05) is 33.4 Å². The van der Waals surface area contributed by atoms with Crippen molar-refractivity contribution < 1.29 is 9.47 Å². The highest BCUT2D eigenvalue weighted by atomic mass is 16.5. The van der Waals surface area contributed by atoms with Crippen molar-refractivity contribution in [1.29, 1.82) is 0 Å². The maximum atomic E-state index is 5.86. The van der Waals surface area contributed by atoms with Crippen molar-refractivity contribution in [3.8, 4) is 11.5 Å². The van der Waals surface area contributed by atoms with E-state index in [1.165, 1.54) is 25.8 Å². The molecule has 1 atom stereocenters. The van der Waals surface area contributed by atoms with Crippen LogP contribution in [-0.2, 0) is 0 Å². The lowest BCUT2D eigenvalue weighted by molar-refractivity contribution is 0.117. The van der Waals surface area contributed by atoms with Crippen LogP contribution in [0.25, 0.3) is 0 Å². The molecule has 0 radical (unpaired) electrons. The van der Waals surface area contributed by atoms with Gasteiger partial charge in [0.1, 0.15) is 6.61 Å². The maximum absolute atomic E-state index is 5.86. The van der Waals surface area contributed by atoms with Gasteiger partial charge < -0.3 is 15.2 Å². The first-order valence-corrected chi connectivity index (χ1v) is 7.55. The SMILES string of the molecule is COc1ccccc1OCCN1CCCCC1CCN. The molecular weight excluding hydrogens is 252 g/mol. The van der Waals surface area contributed by atoms with E-state index in [0.29, 0.717) is 12.6 Å². The summed E-state index contributed by atoms with van der Waals surface area (Å²) in [6.45, 7) is 3.60. The van der Waals surface area contributed by atoms with Gasteiger partial charge in [-0.2, -0.15) is 0 Å². The molecule has 112 valence electrons. The van der Waals surface area contributed by atoms with Crippen molar-refractivity contribution in [1.82, 2.24) is 4.90 Å². The zero-order valence-electron chi connectivity index (χ0n) is 12.4. The fraction of sp³-hybridized carbons (Fsp3) is 0.625. The standard InChI is InChI=1S/C16H26N2O2/c1-19-15-7-2-3-8-16(15)20-13-12-18-11-5-4-6-14(18)9-10-17/h2-3,7-8,14H,4-6,9-13,17H2,1H3. The Morgan fingerprint density at radius 3 is 2.80 bits per heavy atom. The second-order valence-corrected chi connectivity index (χ2v) is 5.26. The number of nitrogens with zero attached hydrogens (tertiary/aromatic N) is 1. The fourth-order valence-corrected chi connectivity index (χ4v) is 2.88. The van der Waals surface area contributed by atoms with Crippen LogP contribution in [0, 0.1) is 0 Å². The Hall–Kier alpha value is -1.26. The molecule has 0 bridgehead atoms. The monoisotopic (exact) mass is 278 g/mol. The van der Waals surface area contributed by atoms with Gasteiger partial charge in [-0.15, -0.1) is 0 Å². The Labute approximate surface area is 121 Å². The summed E-state index contributed by atoms with van der Waals surface area (Å²) < 4.78 is 11.2. The van der Waals surface area contributed by atoms with Gasteiger partial charge in [0.15, 0.2) is 11.5 Å².